The molecule has 0 atom stereocenters. The van der Waals surface area contributed by atoms with Crippen LogP contribution in [0.4, 0.5) is 4.39 Å². The summed E-state index contributed by atoms with van der Waals surface area (Å²) in [5, 5.41) is 0. The summed E-state index contributed by atoms with van der Waals surface area (Å²) in [6, 6.07) is 4.47. The molecule has 0 unspecified atom stereocenters. The Labute approximate surface area is 88.1 Å². The van der Waals surface area contributed by atoms with Crippen LogP contribution in [0.15, 0.2) is 18.2 Å². The molecule has 1 aliphatic carbocycles. The summed E-state index contributed by atoms with van der Waals surface area (Å²) in [7, 11) is 1.45. The molecule has 0 bridgehead atoms. The molecule has 0 aliphatic heterocycles. The van der Waals surface area contributed by atoms with Gasteiger partial charge in [0.1, 0.15) is 11.6 Å². The zero-order valence-electron chi connectivity index (χ0n) is 8.63. The van der Waals surface area contributed by atoms with E-state index in [1.54, 1.807) is 12.1 Å². The number of Topliss-reactive ketones (excluding diaryl/α,β-unsaturated/α-hetero) is 1. The van der Waals surface area contributed by atoms with Crippen LogP contribution in [-0.2, 0) is 0 Å². The van der Waals surface area contributed by atoms with Gasteiger partial charge in [0.15, 0.2) is 5.78 Å². The van der Waals surface area contributed by atoms with Crippen LogP contribution >= 0.6 is 0 Å². The molecule has 1 fully saturated rings. The second-order valence-electron chi connectivity index (χ2n) is 3.81. The van der Waals surface area contributed by atoms with Crippen molar-refractivity contribution in [3.05, 3.63) is 29.6 Å². The van der Waals surface area contributed by atoms with Gasteiger partial charge in [0.2, 0.25) is 0 Å². The molecule has 80 valence electrons. The number of carbonyl (C=O) groups excluding carboxylic acids is 1. The number of benzene rings is 1. The topological polar surface area (TPSA) is 26.3 Å². The molecule has 2 rings (SSSR count). The number of ketones is 1. The van der Waals surface area contributed by atoms with Crippen molar-refractivity contribution >= 4 is 5.78 Å². The smallest absolute Gasteiger partial charge is 0.172 e. The zero-order chi connectivity index (χ0) is 10.8. The Bertz CT molecular complexity index is 383. The van der Waals surface area contributed by atoms with Gasteiger partial charge in [-0.2, -0.15) is 0 Å². The summed E-state index contributed by atoms with van der Waals surface area (Å²) in [5.41, 5.74) is 0.115. The summed E-state index contributed by atoms with van der Waals surface area (Å²) < 4.78 is 18.5. The first-order valence-corrected chi connectivity index (χ1v) is 5.10. The minimum Gasteiger partial charge on any atom is -0.496 e. The van der Waals surface area contributed by atoms with Crippen molar-refractivity contribution < 1.29 is 13.9 Å². The predicted molar refractivity (Wildman–Crippen MR) is 54.6 cm³/mol. The Morgan fingerprint density at radius 2 is 2.20 bits per heavy atom. The Morgan fingerprint density at radius 3 is 2.73 bits per heavy atom. The van der Waals surface area contributed by atoms with E-state index >= 15 is 0 Å². The van der Waals surface area contributed by atoms with Crippen LogP contribution < -0.4 is 4.74 Å². The second kappa shape index (κ2) is 4.01. The third kappa shape index (κ3) is 1.74. The van der Waals surface area contributed by atoms with Gasteiger partial charge in [-0.15, -0.1) is 0 Å². The van der Waals surface area contributed by atoms with E-state index in [4.69, 9.17) is 4.74 Å². The molecule has 0 heterocycles. The van der Waals surface area contributed by atoms with E-state index in [0.29, 0.717) is 5.75 Å². The standard InChI is InChI=1S/C12H13FO2/c1-15-10-7-3-6-9(13)11(10)12(14)8-4-2-5-8/h3,6-8H,2,4-5H2,1H3. The first-order chi connectivity index (χ1) is 7.24. The van der Waals surface area contributed by atoms with Crippen molar-refractivity contribution in [2.45, 2.75) is 19.3 Å². The number of ether oxygens (including phenoxy) is 1. The van der Waals surface area contributed by atoms with E-state index in [0.717, 1.165) is 19.3 Å². The molecule has 1 aromatic carbocycles. The average molecular weight is 208 g/mol. The van der Waals surface area contributed by atoms with Gasteiger partial charge in [-0.05, 0) is 25.0 Å². The van der Waals surface area contributed by atoms with E-state index in [1.165, 1.54) is 13.2 Å². The Kier molecular flexibility index (Phi) is 2.71. The van der Waals surface area contributed by atoms with Crippen LogP contribution in [0, 0.1) is 11.7 Å². The van der Waals surface area contributed by atoms with Gasteiger partial charge >= 0.3 is 0 Å². The number of methoxy groups -OCH3 is 1. The van der Waals surface area contributed by atoms with Crippen molar-refractivity contribution in [2.24, 2.45) is 5.92 Å². The van der Waals surface area contributed by atoms with E-state index in [1.807, 2.05) is 0 Å². The zero-order valence-corrected chi connectivity index (χ0v) is 8.63. The highest BCUT2D eigenvalue weighted by molar-refractivity contribution is 6.00. The van der Waals surface area contributed by atoms with Gasteiger partial charge < -0.3 is 4.74 Å². The van der Waals surface area contributed by atoms with Gasteiger partial charge in [-0.1, -0.05) is 12.5 Å². The second-order valence-corrected chi connectivity index (χ2v) is 3.81. The number of hydrogen-bond acceptors (Lipinski definition) is 2. The average Bonchev–Trinajstić information content (AvgIpc) is 2.14. The van der Waals surface area contributed by atoms with Gasteiger partial charge in [-0.3, -0.25) is 4.79 Å². The lowest BCUT2D eigenvalue weighted by Crippen LogP contribution is -2.23. The molecular formula is C12H13FO2. The first kappa shape index (κ1) is 10.1. The third-order valence-corrected chi connectivity index (χ3v) is 2.92. The number of carbonyl (C=O) groups is 1. The van der Waals surface area contributed by atoms with Gasteiger partial charge in [0.05, 0.1) is 12.7 Å². The molecule has 0 spiro atoms. The highest BCUT2D eigenvalue weighted by Crippen LogP contribution is 2.33. The number of halogens is 1. The van der Waals surface area contributed by atoms with Gasteiger partial charge in [-0.25, -0.2) is 4.39 Å². The molecule has 0 saturated heterocycles. The minimum atomic E-state index is -0.480. The number of hydrogen-bond donors (Lipinski definition) is 0. The van der Waals surface area contributed by atoms with Crippen LogP contribution in [0.3, 0.4) is 0 Å². The van der Waals surface area contributed by atoms with Crippen LogP contribution in [0.1, 0.15) is 29.6 Å². The molecule has 1 saturated carbocycles. The van der Waals surface area contributed by atoms with Crippen molar-refractivity contribution in [2.75, 3.05) is 7.11 Å². The van der Waals surface area contributed by atoms with E-state index in [-0.39, 0.29) is 17.3 Å². The minimum absolute atomic E-state index is 0.00389. The van der Waals surface area contributed by atoms with Crippen molar-refractivity contribution in [3.8, 4) is 5.75 Å². The summed E-state index contributed by atoms with van der Waals surface area (Å²) in [6.07, 6.45) is 2.81. The summed E-state index contributed by atoms with van der Waals surface area (Å²) in [5.74, 6) is -0.259. The molecule has 3 heteroatoms. The molecule has 0 aromatic heterocycles. The maximum atomic E-state index is 13.5. The highest BCUT2D eigenvalue weighted by Gasteiger charge is 2.30. The third-order valence-electron chi connectivity index (χ3n) is 2.92. The van der Waals surface area contributed by atoms with Crippen LogP contribution in [-0.4, -0.2) is 12.9 Å². The van der Waals surface area contributed by atoms with Crippen LogP contribution in [0.2, 0.25) is 0 Å². The first-order valence-electron chi connectivity index (χ1n) is 5.10. The van der Waals surface area contributed by atoms with Gasteiger partial charge in [0, 0.05) is 5.92 Å². The maximum Gasteiger partial charge on any atom is 0.172 e. The molecule has 1 aliphatic rings. The molecule has 0 radical (unpaired) electrons. The number of rotatable bonds is 3. The van der Waals surface area contributed by atoms with E-state index in [2.05, 4.69) is 0 Å². The fraction of sp³-hybridized carbons (Fsp3) is 0.417. The van der Waals surface area contributed by atoms with E-state index < -0.39 is 5.82 Å². The molecule has 0 amide bonds. The predicted octanol–water partition coefficient (Wildman–Crippen LogP) is 2.82. The monoisotopic (exact) mass is 208 g/mol. The highest BCUT2D eigenvalue weighted by atomic mass is 19.1. The lowest BCUT2D eigenvalue weighted by molar-refractivity contribution is 0.0847. The van der Waals surface area contributed by atoms with Crippen molar-refractivity contribution in [1.82, 2.24) is 0 Å². The maximum absolute atomic E-state index is 13.5. The molecule has 2 nitrogen and oxygen atoms in total. The molecular weight excluding hydrogens is 195 g/mol. The van der Waals surface area contributed by atoms with Crippen molar-refractivity contribution in [1.29, 1.82) is 0 Å². The Hall–Kier alpha value is -1.38. The van der Waals surface area contributed by atoms with Gasteiger partial charge in [0.25, 0.3) is 0 Å². The molecule has 0 N–H and O–H groups in total. The van der Waals surface area contributed by atoms with Crippen LogP contribution in [0.25, 0.3) is 0 Å². The summed E-state index contributed by atoms with van der Waals surface area (Å²) >= 11 is 0. The summed E-state index contributed by atoms with van der Waals surface area (Å²) in [4.78, 5) is 11.9. The lowest BCUT2D eigenvalue weighted by Gasteiger charge is -2.24. The summed E-state index contributed by atoms with van der Waals surface area (Å²) in [6.45, 7) is 0. The Morgan fingerprint density at radius 1 is 1.47 bits per heavy atom. The fourth-order valence-electron chi connectivity index (χ4n) is 1.79. The Balaban J connectivity index is 2.36. The van der Waals surface area contributed by atoms with Crippen LogP contribution in [0.5, 0.6) is 5.75 Å². The van der Waals surface area contributed by atoms with Crippen molar-refractivity contribution in [3.63, 3.8) is 0 Å². The fourth-order valence-corrected chi connectivity index (χ4v) is 1.79. The quantitative estimate of drug-likeness (QED) is 0.714. The SMILES string of the molecule is COc1cccc(F)c1C(=O)C1CCC1. The normalized spacial score (nSPS) is 15.9. The lowest BCUT2D eigenvalue weighted by atomic mass is 9.79. The van der Waals surface area contributed by atoms with E-state index in [9.17, 15) is 9.18 Å². The molecule has 15 heavy (non-hydrogen) atoms. The largest absolute Gasteiger partial charge is 0.496 e. The molecule has 1 aromatic rings.